The number of hydrogen-bond acceptors (Lipinski definition) is 4. The third-order valence-corrected chi connectivity index (χ3v) is 3.77. The Hall–Kier alpha value is -0.160. The number of likely N-dealkylation sites (N-methyl/N-ethyl adjacent to an activating group) is 1. The van der Waals surface area contributed by atoms with Crippen LogP contribution in [0.25, 0.3) is 0 Å². The number of rotatable bonds is 5. The van der Waals surface area contributed by atoms with Crippen LogP contribution in [0.1, 0.15) is 19.8 Å². The maximum atomic E-state index is 5.52. The Labute approximate surface area is 105 Å². The van der Waals surface area contributed by atoms with Crippen molar-refractivity contribution in [2.24, 2.45) is 5.92 Å². The highest BCUT2D eigenvalue weighted by Gasteiger charge is 2.26. The van der Waals surface area contributed by atoms with Crippen molar-refractivity contribution in [3.8, 4) is 0 Å². The second-order valence-electron chi connectivity index (χ2n) is 5.05. The van der Waals surface area contributed by atoms with Gasteiger partial charge in [-0.25, -0.2) is 0 Å². The maximum Gasteiger partial charge on any atom is 0.0593 e. The van der Waals surface area contributed by atoms with E-state index in [1.54, 1.807) is 0 Å². The highest BCUT2D eigenvalue weighted by atomic mass is 16.5. The molecule has 0 radical (unpaired) electrons. The Morgan fingerprint density at radius 3 is 2.94 bits per heavy atom. The van der Waals surface area contributed by atoms with Crippen LogP contribution in [0.5, 0.6) is 0 Å². The van der Waals surface area contributed by atoms with Gasteiger partial charge in [-0.15, -0.1) is 0 Å². The molecule has 2 aliphatic rings. The Morgan fingerprint density at radius 1 is 1.24 bits per heavy atom. The normalized spacial score (nSPS) is 29.1. The lowest BCUT2D eigenvalue weighted by atomic mass is 9.98. The third-order valence-electron chi connectivity index (χ3n) is 3.77. The zero-order chi connectivity index (χ0) is 11.9. The van der Waals surface area contributed by atoms with Gasteiger partial charge in [-0.3, -0.25) is 4.90 Å². The summed E-state index contributed by atoms with van der Waals surface area (Å²) in [5.74, 6) is 0.694. The van der Waals surface area contributed by atoms with E-state index in [1.165, 1.54) is 19.4 Å². The van der Waals surface area contributed by atoms with E-state index < -0.39 is 0 Å². The molecule has 2 rings (SSSR count). The lowest BCUT2D eigenvalue weighted by Crippen LogP contribution is -2.46. The van der Waals surface area contributed by atoms with Crippen molar-refractivity contribution >= 4 is 0 Å². The minimum Gasteiger partial charge on any atom is -0.381 e. The molecule has 100 valence electrons. The molecule has 17 heavy (non-hydrogen) atoms. The van der Waals surface area contributed by atoms with Gasteiger partial charge in [0.25, 0.3) is 0 Å². The average Bonchev–Trinajstić information content (AvgIpc) is 2.75. The van der Waals surface area contributed by atoms with Crippen LogP contribution in [0, 0.1) is 5.92 Å². The molecule has 4 heteroatoms. The molecule has 0 amide bonds. The van der Waals surface area contributed by atoms with Crippen LogP contribution in [0.2, 0.25) is 0 Å². The van der Waals surface area contributed by atoms with Crippen molar-refractivity contribution in [2.45, 2.75) is 25.8 Å². The molecule has 2 fully saturated rings. The molecule has 0 aromatic rings. The van der Waals surface area contributed by atoms with Crippen LogP contribution in [0.3, 0.4) is 0 Å². The van der Waals surface area contributed by atoms with Crippen molar-refractivity contribution in [2.75, 3.05) is 52.6 Å². The lowest BCUT2D eigenvalue weighted by Gasteiger charge is -2.29. The molecule has 2 aliphatic heterocycles. The van der Waals surface area contributed by atoms with E-state index in [-0.39, 0.29) is 0 Å². The second kappa shape index (κ2) is 7.31. The van der Waals surface area contributed by atoms with Gasteiger partial charge in [-0.1, -0.05) is 6.92 Å². The SMILES string of the molecule is CCNC(CN1CCCOCC1)C1CCOC1. The molecule has 2 atom stereocenters. The predicted molar refractivity (Wildman–Crippen MR) is 68.3 cm³/mol. The molecule has 0 aliphatic carbocycles. The second-order valence-corrected chi connectivity index (χ2v) is 5.05. The maximum absolute atomic E-state index is 5.52. The van der Waals surface area contributed by atoms with E-state index in [1.807, 2.05) is 0 Å². The molecule has 0 spiro atoms. The van der Waals surface area contributed by atoms with Crippen molar-refractivity contribution in [3.05, 3.63) is 0 Å². The van der Waals surface area contributed by atoms with Crippen molar-refractivity contribution in [1.29, 1.82) is 0 Å². The van der Waals surface area contributed by atoms with Gasteiger partial charge in [-0.05, 0) is 19.4 Å². The van der Waals surface area contributed by atoms with E-state index in [9.17, 15) is 0 Å². The van der Waals surface area contributed by atoms with Gasteiger partial charge < -0.3 is 14.8 Å². The molecular weight excluding hydrogens is 216 g/mol. The highest BCUT2D eigenvalue weighted by molar-refractivity contribution is 4.82. The monoisotopic (exact) mass is 242 g/mol. The van der Waals surface area contributed by atoms with Gasteiger partial charge in [0.15, 0.2) is 0 Å². The first-order valence-electron chi connectivity index (χ1n) is 7.01. The van der Waals surface area contributed by atoms with Crippen LogP contribution >= 0.6 is 0 Å². The third kappa shape index (κ3) is 4.21. The van der Waals surface area contributed by atoms with E-state index >= 15 is 0 Å². The topological polar surface area (TPSA) is 33.7 Å². The Kier molecular flexibility index (Phi) is 5.71. The molecule has 2 saturated heterocycles. The van der Waals surface area contributed by atoms with Crippen LogP contribution in [0.15, 0.2) is 0 Å². The summed E-state index contributed by atoms with van der Waals surface area (Å²) in [4.78, 5) is 2.54. The van der Waals surface area contributed by atoms with Crippen molar-refractivity contribution in [3.63, 3.8) is 0 Å². The number of ether oxygens (including phenoxy) is 2. The summed E-state index contributed by atoms with van der Waals surface area (Å²) in [6.07, 6.45) is 2.38. The molecule has 0 aromatic carbocycles. The first-order valence-corrected chi connectivity index (χ1v) is 7.01. The number of hydrogen-bond donors (Lipinski definition) is 1. The molecule has 2 unspecified atom stereocenters. The quantitative estimate of drug-likeness (QED) is 0.770. The van der Waals surface area contributed by atoms with Gasteiger partial charge >= 0.3 is 0 Å². The zero-order valence-electron chi connectivity index (χ0n) is 11.0. The molecule has 4 nitrogen and oxygen atoms in total. The van der Waals surface area contributed by atoms with Gasteiger partial charge in [0.05, 0.1) is 13.2 Å². The summed E-state index contributed by atoms with van der Waals surface area (Å²) < 4.78 is 11.0. The Morgan fingerprint density at radius 2 is 2.18 bits per heavy atom. The molecular formula is C13H26N2O2. The lowest BCUT2D eigenvalue weighted by molar-refractivity contribution is 0.134. The summed E-state index contributed by atoms with van der Waals surface area (Å²) in [6.45, 7) is 10.3. The first-order chi connectivity index (χ1) is 8.40. The smallest absolute Gasteiger partial charge is 0.0593 e. The van der Waals surface area contributed by atoms with Gasteiger partial charge in [0.2, 0.25) is 0 Å². The standard InChI is InChI=1S/C13H26N2O2/c1-2-14-13(12-4-8-17-11-12)10-15-5-3-7-16-9-6-15/h12-14H,2-11H2,1H3. The van der Waals surface area contributed by atoms with E-state index in [4.69, 9.17) is 9.47 Å². The van der Waals surface area contributed by atoms with E-state index in [0.717, 1.165) is 46.1 Å². The summed E-state index contributed by atoms with van der Waals surface area (Å²) in [6, 6.07) is 0.584. The average molecular weight is 242 g/mol. The van der Waals surface area contributed by atoms with Crippen molar-refractivity contribution < 1.29 is 9.47 Å². The van der Waals surface area contributed by atoms with Crippen LogP contribution in [0.4, 0.5) is 0 Å². The predicted octanol–water partition coefficient (Wildman–Crippen LogP) is 0.723. The summed E-state index contributed by atoms with van der Waals surface area (Å²) in [5.41, 5.74) is 0. The molecule has 1 N–H and O–H groups in total. The number of nitrogens with zero attached hydrogens (tertiary/aromatic N) is 1. The molecule has 0 bridgehead atoms. The summed E-state index contributed by atoms with van der Waals surface area (Å²) >= 11 is 0. The van der Waals surface area contributed by atoms with E-state index in [2.05, 4.69) is 17.1 Å². The van der Waals surface area contributed by atoms with Crippen LogP contribution in [-0.4, -0.2) is 63.5 Å². The van der Waals surface area contributed by atoms with Gasteiger partial charge in [0, 0.05) is 44.8 Å². The fourth-order valence-corrected chi connectivity index (χ4v) is 2.77. The minimum absolute atomic E-state index is 0.584. The fourth-order valence-electron chi connectivity index (χ4n) is 2.77. The Bertz CT molecular complexity index is 200. The largest absolute Gasteiger partial charge is 0.381 e. The highest BCUT2D eigenvalue weighted by Crippen LogP contribution is 2.18. The number of nitrogens with one attached hydrogen (secondary N) is 1. The molecule has 0 saturated carbocycles. The first kappa shape index (κ1) is 13.3. The van der Waals surface area contributed by atoms with Crippen molar-refractivity contribution in [1.82, 2.24) is 10.2 Å². The summed E-state index contributed by atoms with van der Waals surface area (Å²) in [5, 5.41) is 3.63. The van der Waals surface area contributed by atoms with Gasteiger partial charge in [0.1, 0.15) is 0 Å². The minimum atomic E-state index is 0.584. The van der Waals surface area contributed by atoms with Crippen LogP contribution < -0.4 is 5.32 Å². The Balaban J connectivity index is 1.82. The zero-order valence-corrected chi connectivity index (χ0v) is 11.0. The van der Waals surface area contributed by atoms with Crippen LogP contribution in [-0.2, 0) is 9.47 Å². The molecule has 0 aromatic heterocycles. The molecule has 2 heterocycles. The fraction of sp³-hybridized carbons (Fsp3) is 1.00. The van der Waals surface area contributed by atoms with E-state index in [0.29, 0.717) is 12.0 Å². The van der Waals surface area contributed by atoms with Gasteiger partial charge in [-0.2, -0.15) is 0 Å². The summed E-state index contributed by atoms with van der Waals surface area (Å²) in [7, 11) is 0.